The van der Waals surface area contributed by atoms with E-state index >= 15 is 0 Å². The number of carbonyl (C=O) groups is 1. The van der Waals surface area contributed by atoms with Crippen LogP contribution in [0.1, 0.15) is 129 Å². The van der Waals surface area contributed by atoms with E-state index in [0.717, 1.165) is 32.1 Å². The molecule has 0 aromatic heterocycles. The van der Waals surface area contributed by atoms with Crippen LogP contribution in [0.25, 0.3) is 0 Å². The van der Waals surface area contributed by atoms with Crippen molar-refractivity contribution < 1.29 is 18.7 Å². The van der Waals surface area contributed by atoms with E-state index in [1.807, 2.05) is 24.3 Å². The fourth-order valence-corrected chi connectivity index (χ4v) is 4.48. The first-order valence-corrected chi connectivity index (χ1v) is 14.9. The average Bonchev–Trinajstić information content (AvgIpc) is 2.82. The van der Waals surface area contributed by atoms with Gasteiger partial charge in [-0.25, -0.2) is 0 Å². The van der Waals surface area contributed by atoms with Crippen LogP contribution in [0.5, 0.6) is 5.75 Å². The molecule has 0 aliphatic heterocycles. The van der Waals surface area contributed by atoms with Gasteiger partial charge in [-0.05, 0) is 62.6 Å². The quantitative estimate of drug-likeness (QED) is 0.0994. The summed E-state index contributed by atoms with van der Waals surface area (Å²) in [6.45, 7) is 4.45. The topological polar surface area (TPSA) is 55.8 Å². The number of carbonyl (C=O) groups excluding carboxylic acids is 1. The first-order chi connectivity index (χ1) is 16.7. The summed E-state index contributed by atoms with van der Waals surface area (Å²) in [6, 6.07) is 7.65. The number of benzene rings is 1. The summed E-state index contributed by atoms with van der Waals surface area (Å²) in [4.78, 5) is 21.9. The molecule has 0 heterocycles. The van der Waals surface area contributed by atoms with E-state index in [-0.39, 0.29) is 5.97 Å². The SMILES string of the molecule is CCCCCCCCC=CCCCCCCCC(=O)OP(O)Oc1ccc(CCCCC)cc1. The fourth-order valence-electron chi connectivity index (χ4n) is 3.88. The molecule has 0 radical (unpaired) electrons. The summed E-state index contributed by atoms with van der Waals surface area (Å²) in [6.07, 6.45) is 25.5. The number of aryl methyl sites for hydroxylation is 1. The molecule has 0 bridgehead atoms. The number of unbranched alkanes of at least 4 members (excludes halogenated alkanes) is 13. The maximum Gasteiger partial charge on any atom is 0.462 e. The van der Waals surface area contributed by atoms with Crippen molar-refractivity contribution in [3.8, 4) is 5.75 Å². The first kappa shape index (κ1) is 30.7. The molecule has 1 N–H and O–H groups in total. The van der Waals surface area contributed by atoms with Gasteiger partial charge in [-0.1, -0.05) is 102 Å². The van der Waals surface area contributed by atoms with Crippen LogP contribution in [0.3, 0.4) is 0 Å². The van der Waals surface area contributed by atoms with Crippen LogP contribution in [0, 0.1) is 0 Å². The number of hydrogen-bond donors (Lipinski definition) is 1. The van der Waals surface area contributed by atoms with E-state index in [9.17, 15) is 9.69 Å². The zero-order chi connectivity index (χ0) is 24.7. The zero-order valence-corrected chi connectivity index (χ0v) is 22.7. The van der Waals surface area contributed by atoms with Gasteiger partial charge in [0.1, 0.15) is 5.75 Å². The van der Waals surface area contributed by atoms with Crippen LogP contribution < -0.4 is 4.52 Å². The van der Waals surface area contributed by atoms with Crippen LogP contribution in [0.2, 0.25) is 0 Å². The maximum absolute atomic E-state index is 11.9. The van der Waals surface area contributed by atoms with Crippen molar-refractivity contribution in [3.05, 3.63) is 42.0 Å². The van der Waals surface area contributed by atoms with Crippen molar-refractivity contribution in [3.63, 3.8) is 0 Å². The Hall–Kier alpha value is -1.38. The lowest BCUT2D eigenvalue weighted by Gasteiger charge is -2.11. The molecule has 1 unspecified atom stereocenters. The molecular formula is C29H49O4P. The number of rotatable bonds is 22. The smallest absolute Gasteiger partial charge is 0.418 e. The van der Waals surface area contributed by atoms with Gasteiger partial charge in [-0.2, -0.15) is 0 Å². The lowest BCUT2D eigenvalue weighted by atomic mass is 10.1. The minimum atomic E-state index is -2.22. The van der Waals surface area contributed by atoms with Crippen molar-refractivity contribution in [2.24, 2.45) is 0 Å². The second-order valence-corrected chi connectivity index (χ2v) is 10.1. The molecule has 34 heavy (non-hydrogen) atoms. The highest BCUT2D eigenvalue weighted by Crippen LogP contribution is 2.35. The fraction of sp³-hybridized carbons (Fsp3) is 0.690. The van der Waals surface area contributed by atoms with Gasteiger partial charge >= 0.3 is 14.6 Å². The van der Waals surface area contributed by atoms with Crippen molar-refractivity contribution in [1.82, 2.24) is 0 Å². The third kappa shape index (κ3) is 18.0. The van der Waals surface area contributed by atoms with Crippen molar-refractivity contribution in [2.45, 2.75) is 129 Å². The monoisotopic (exact) mass is 492 g/mol. The van der Waals surface area contributed by atoms with E-state index in [4.69, 9.17) is 9.05 Å². The van der Waals surface area contributed by atoms with Crippen molar-refractivity contribution >= 4 is 14.6 Å². The average molecular weight is 493 g/mol. The molecule has 0 spiro atoms. The number of allylic oxidation sites excluding steroid dienone is 2. The Bertz CT molecular complexity index is 630. The predicted molar refractivity (Wildman–Crippen MR) is 145 cm³/mol. The standard InChI is InChI=1S/C29H49O4P/c1-3-5-7-8-9-10-11-12-13-14-15-16-17-18-20-22-29(30)33-34(31)32-28-25-23-27(24-26-28)21-19-6-4-2/h12-13,23-26,31H,3-11,14-22H2,1-2H3. The molecule has 0 saturated carbocycles. The Balaban J connectivity index is 1.97. The Kier molecular flexibility index (Phi) is 19.9. The van der Waals surface area contributed by atoms with Gasteiger partial charge in [0, 0.05) is 6.42 Å². The lowest BCUT2D eigenvalue weighted by molar-refractivity contribution is -0.134. The van der Waals surface area contributed by atoms with Gasteiger partial charge in [0.25, 0.3) is 0 Å². The minimum Gasteiger partial charge on any atom is -0.418 e. The van der Waals surface area contributed by atoms with Crippen LogP contribution in [0.15, 0.2) is 36.4 Å². The van der Waals surface area contributed by atoms with Gasteiger partial charge in [-0.15, -0.1) is 0 Å². The Morgan fingerprint density at radius 1 is 0.765 bits per heavy atom. The minimum absolute atomic E-state index is 0.331. The second-order valence-electron chi connectivity index (χ2n) is 9.23. The molecule has 1 atom stereocenters. The summed E-state index contributed by atoms with van der Waals surface area (Å²) >= 11 is 0. The summed E-state index contributed by atoms with van der Waals surface area (Å²) < 4.78 is 10.4. The maximum atomic E-state index is 11.9. The first-order valence-electron chi connectivity index (χ1n) is 13.8. The molecular weight excluding hydrogens is 443 g/mol. The second kappa shape index (κ2) is 22.1. The van der Waals surface area contributed by atoms with E-state index in [1.54, 1.807) is 0 Å². The van der Waals surface area contributed by atoms with Crippen molar-refractivity contribution in [1.29, 1.82) is 0 Å². The van der Waals surface area contributed by atoms with Crippen LogP contribution in [0.4, 0.5) is 0 Å². The van der Waals surface area contributed by atoms with Crippen LogP contribution >= 0.6 is 8.60 Å². The molecule has 4 nitrogen and oxygen atoms in total. The van der Waals surface area contributed by atoms with E-state index in [1.165, 1.54) is 82.6 Å². The molecule has 1 aromatic carbocycles. The van der Waals surface area contributed by atoms with E-state index < -0.39 is 8.60 Å². The highest BCUT2D eigenvalue weighted by atomic mass is 31.2. The summed E-state index contributed by atoms with van der Waals surface area (Å²) in [5.41, 5.74) is 1.25. The third-order valence-corrected chi connectivity index (χ3v) is 6.73. The zero-order valence-electron chi connectivity index (χ0n) is 21.8. The molecule has 0 aliphatic carbocycles. The van der Waals surface area contributed by atoms with Crippen LogP contribution in [-0.4, -0.2) is 10.9 Å². The third-order valence-electron chi connectivity index (χ3n) is 6.00. The van der Waals surface area contributed by atoms with Gasteiger partial charge in [0.05, 0.1) is 0 Å². The molecule has 1 aromatic rings. The molecule has 0 saturated heterocycles. The summed E-state index contributed by atoms with van der Waals surface area (Å²) in [5, 5.41) is 0. The molecule has 5 heteroatoms. The Morgan fingerprint density at radius 3 is 1.91 bits per heavy atom. The lowest BCUT2D eigenvalue weighted by Crippen LogP contribution is -2.03. The van der Waals surface area contributed by atoms with Gasteiger partial charge in [0.2, 0.25) is 0 Å². The molecule has 1 rings (SSSR count). The predicted octanol–water partition coefficient (Wildman–Crippen LogP) is 9.60. The Morgan fingerprint density at radius 2 is 1.29 bits per heavy atom. The van der Waals surface area contributed by atoms with E-state index in [0.29, 0.717) is 12.2 Å². The van der Waals surface area contributed by atoms with Gasteiger partial charge in [-0.3, -0.25) is 4.79 Å². The molecule has 194 valence electrons. The summed E-state index contributed by atoms with van der Waals surface area (Å²) in [7, 11) is -2.22. The molecule has 0 fully saturated rings. The van der Waals surface area contributed by atoms with E-state index in [2.05, 4.69) is 26.0 Å². The molecule has 0 aliphatic rings. The van der Waals surface area contributed by atoms with Crippen LogP contribution in [-0.2, 0) is 15.7 Å². The largest absolute Gasteiger partial charge is 0.462 e. The van der Waals surface area contributed by atoms with Gasteiger partial charge in [0.15, 0.2) is 0 Å². The highest BCUT2D eigenvalue weighted by Gasteiger charge is 2.15. The highest BCUT2D eigenvalue weighted by molar-refractivity contribution is 7.41. The number of hydrogen-bond acceptors (Lipinski definition) is 4. The Labute approximate surface area is 210 Å². The molecule has 0 amide bonds. The summed E-state index contributed by atoms with van der Waals surface area (Å²) in [5.74, 6) is 0.143. The van der Waals surface area contributed by atoms with Crippen molar-refractivity contribution in [2.75, 3.05) is 0 Å². The van der Waals surface area contributed by atoms with Gasteiger partial charge < -0.3 is 13.9 Å². The normalized spacial score (nSPS) is 12.2.